The summed E-state index contributed by atoms with van der Waals surface area (Å²) < 4.78 is 39.3. The number of ether oxygens (including phenoxy) is 2. The van der Waals surface area contributed by atoms with Gasteiger partial charge in [0.1, 0.15) is 19.0 Å². The van der Waals surface area contributed by atoms with Crippen LogP contribution in [0.15, 0.2) is 73.8 Å². The van der Waals surface area contributed by atoms with Crippen LogP contribution in [0.1, 0.15) is 0 Å². The fourth-order valence-electron chi connectivity index (χ4n) is 2.64. The Balaban J connectivity index is 1.97. The number of hydrogen-bond acceptors (Lipinski definition) is 2. The van der Waals surface area contributed by atoms with Gasteiger partial charge in [0.15, 0.2) is 11.6 Å². The standard InChI is InChI=1S/C22H18F2O2/c1-3-11-25-18-9-7-15(8-10-18)16-5-6-17-14-20(26-12-4-2)22(24)21(23)19(17)13-16/h3-10,13-14H,1-2,11-12H2. The van der Waals surface area contributed by atoms with Crippen molar-refractivity contribution in [1.29, 1.82) is 0 Å². The predicted molar refractivity (Wildman–Crippen MR) is 101 cm³/mol. The normalized spacial score (nSPS) is 10.5. The zero-order valence-electron chi connectivity index (χ0n) is 14.2. The molecular formula is C22H18F2O2. The molecule has 26 heavy (non-hydrogen) atoms. The fraction of sp³-hybridized carbons (Fsp3) is 0.0909. The number of hydrogen-bond donors (Lipinski definition) is 0. The van der Waals surface area contributed by atoms with Gasteiger partial charge in [0.25, 0.3) is 0 Å². The van der Waals surface area contributed by atoms with Gasteiger partial charge in [-0.1, -0.05) is 49.6 Å². The van der Waals surface area contributed by atoms with Crippen LogP contribution < -0.4 is 9.47 Å². The van der Waals surface area contributed by atoms with Gasteiger partial charge in [0.2, 0.25) is 5.82 Å². The van der Waals surface area contributed by atoms with E-state index in [1.165, 1.54) is 12.1 Å². The van der Waals surface area contributed by atoms with E-state index >= 15 is 0 Å². The van der Waals surface area contributed by atoms with Crippen molar-refractivity contribution < 1.29 is 18.3 Å². The zero-order valence-corrected chi connectivity index (χ0v) is 14.2. The summed E-state index contributed by atoms with van der Waals surface area (Å²) in [4.78, 5) is 0. The van der Waals surface area contributed by atoms with E-state index in [0.717, 1.165) is 16.9 Å². The van der Waals surface area contributed by atoms with Crippen molar-refractivity contribution in [2.24, 2.45) is 0 Å². The van der Waals surface area contributed by atoms with Crippen LogP contribution in [-0.4, -0.2) is 13.2 Å². The van der Waals surface area contributed by atoms with E-state index in [9.17, 15) is 8.78 Å². The van der Waals surface area contributed by atoms with E-state index in [4.69, 9.17) is 9.47 Å². The molecule has 0 heterocycles. The Bertz CT molecular complexity index is 947. The summed E-state index contributed by atoms with van der Waals surface area (Å²) in [7, 11) is 0. The number of halogens is 2. The molecule has 0 amide bonds. The molecule has 0 N–H and O–H groups in total. The minimum atomic E-state index is -0.996. The van der Waals surface area contributed by atoms with E-state index < -0.39 is 11.6 Å². The van der Waals surface area contributed by atoms with Crippen LogP contribution in [0.2, 0.25) is 0 Å². The van der Waals surface area contributed by atoms with Crippen molar-refractivity contribution in [3.05, 3.63) is 85.5 Å². The largest absolute Gasteiger partial charge is 0.490 e. The number of benzene rings is 3. The summed E-state index contributed by atoms with van der Waals surface area (Å²) in [6.07, 6.45) is 3.15. The van der Waals surface area contributed by atoms with Crippen molar-refractivity contribution >= 4 is 10.8 Å². The van der Waals surface area contributed by atoms with Gasteiger partial charge >= 0.3 is 0 Å². The molecule has 4 heteroatoms. The second-order valence-electron chi connectivity index (χ2n) is 5.66. The SMILES string of the molecule is C=CCOc1ccc(-c2ccc3cc(OCC=C)c(F)c(F)c3c2)cc1. The van der Waals surface area contributed by atoms with Crippen LogP contribution >= 0.6 is 0 Å². The third-order valence-electron chi connectivity index (χ3n) is 3.90. The number of fused-ring (bicyclic) bond motifs is 1. The maximum Gasteiger partial charge on any atom is 0.201 e. The van der Waals surface area contributed by atoms with Gasteiger partial charge < -0.3 is 9.47 Å². The first-order valence-corrected chi connectivity index (χ1v) is 8.13. The third kappa shape index (κ3) is 3.59. The molecule has 0 aliphatic rings. The molecule has 0 radical (unpaired) electrons. The summed E-state index contributed by atoms with van der Waals surface area (Å²) in [6.45, 7) is 7.64. The molecule has 3 aromatic rings. The Morgan fingerprint density at radius 1 is 0.769 bits per heavy atom. The number of rotatable bonds is 7. The van der Waals surface area contributed by atoms with Crippen LogP contribution in [0.4, 0.5) is 8.78 Å². The van der Waals surface area contributed by atoms with Crippen molar-refractivity contribution in [3.63, 3.8) is 0 Å². The molecule has 3 rings (SSSR count). The molecule has 0 saturated carbocycles. The van der Waals surface area contributed by atoms with Gasteiger partial charge in [-0.2, -0.15) is 4.39 Å². The Morgan fingerprint density at radius 2 is 1.42 bits per heavy atom. The first-order valence-electron chi connectivity index (χ1n) is 8.13. The summed E-state index contributed by atoms with van der Waals surface area (Å²) in [5.74, 6) is -1.32. The molecule has 0 aliphatic carbocycles. The highest BCUT2D eigenvalue weighted by atomic mass is 19.2. The summed E-state index contributed by atoms with van der Waals surface area (Å²) in [5, 5.41) is 0.774. The summed E-state index contributed by atoms with van der Waals surface area (Å²) in [5.41, 5.74) is 1.66. The van der Waals surface area contributed by atoms with Crippen LogP contribution in [0, 0.1) is 11.6 Å². The monoisotopic (exact) mass is 352 g/mol. The Labute approximate surface area is 151 Å². The van der Waals surface area contributed by atoms with E-state index in [1.54, 1.807) is 18.2 Å². The van der Waals surface area contributed by atoms with Gasteiger partial charge in [-0.15, -0.1) is 0 Å². The van der Waals surface area contributed by atoms with Gasteiger partial charge in [0.05, 0.1) is 0 Å². The molecule has 0 bridgehead atoms. The molecule has 0 spiro atoms. The molecule has 0 aromatic heterocycles. The molecule has 0 atom stereocenters. The maximum atomic E-state index is 14.5. The van der Waals surface area contributed by atoms with Gasteiger partial charge in [-0.3, -0.25) is 0 Å². The van der Waals surface area contributed by atoms with Crippen LogP contribution in [0.3, 0.4) is 0 Å². The quantitative estimate of drug-likeness (QED) is 0.492. The average Bonchev–Trinajstić information content (AvgIpc) is 2.68. The zero-order chi connectivity index (χ0) is 18.5. The molecule has 2 nitrogen and oxygen atoms in total. The highest BCUT2D eigenvalue weighted by Gasteiger charge is 2.15. The first kappa shape index (κ1) is 17.7. The molecule has 0 aliphatic heterocycles. The molecule has 0 unspecified atom stereocenters. The van der Waals surface area contributed by atoms with Crippen LogP contribution in [-0.2, 0) is 0 Å². The molecule has 132 valence electrons. The summed E-state index contributed by atoms with van der Waals surface area (Å²) in [6, 6.07) is 14.1. The highest BCUT2D eigenvalue weighted by molar-refractivity contribution is 5.89. The molecule has 0 fully saturated rings. The van der Waals surface area contributed by atoms with E-state index in [1.807, 2.05) is 30.3 Å². The minimum Gasteiger partial charge on any atom is -0.490 e. The van der Waals surface area contributed by atoms with Crippen molar-refractivity contribution in [2.45, 2.75) is 0 Å². The lowest BCUT2D eigenvalue weighted by Gasteiger charge is -2.10. The lowest BCUT2D eigenvalue weighted by atomic mass is 10.0. The maximum absolute atomic E-state index is 14.5. The second kappa shape index (κ2) is 7.83. The third-order valence-corrected chi connectivity index (χ3v) is 3.90. The summed E-state index contributed by atoms with van der Waals surface area (Å²) >= 11 is 0. The lowest BCUT2D eigenvalue weighted by Crippen LogP contribution is -1.98. The topological polar surface area (TPSA) is 18.5 Å². The average molecular weight is 352 g/mol. The molecule has 3 aromatic carbocycles. The smallest absolute Gasteiger partial charge is 0.201 e. The predicted octanol–water partition coefficient (Wildman–Crippen LogP) is 5.91. The first-order chi connectivity index (χ1) is 12.6. The Kier molecular flexibility index (Phi) is 5.32. The van der Waals surface area contributed by atoms with Crippen molar-refractivity contribution in [2.75, 3.05) is 13.2 Å². The second-order valence-corrected chi connectivity index (χ2v) is 5.66. The van der Waals surface area contributed by atoms with E-state index in [2.05, 4.69) is 13.2 Å². The highest BCUT2D eigenvalue weighted by Crippen LogP contribution is 2.32. The fourth-order valence-corrected chi connectivity index (χ4v) is 2.64. The minimum absolute atomic E-state index is 0.111. The van der Waals surface area contributed by atoms with Gasteiger partial charge in [0, 0.05) is 5.39 Å². The van der Waals surface area contributed by atoms with E-state index in [0.29, 0.717) is 12.0 Å². The van der Waals surface area contributed by atoms with Crippen LogP contribution in [0.5, 0.6) is 11.5 Å². The Hall–Kier alpha value is -3.14. The molecule has 0 saturated heterocycles. The lowest BCUT2D eigenvalue weighted by molar-refractivity contribution is 0.334. The van der Waals surface area contributed by atoms with Gasteiger partial charge in [-0.25, -0.2) is 4.39 Å². The van der Waals surface area contributed by atoms with Crippen LogP contribution in [0.25, 0.3) is 21.9 Å². The van der Waals surface area contributed by atoms with Crippen molar-refractivity contribution in [3.8, 4) is 22.6 Å². The van der Waals surface area contributed by atoms with Crippen molar-refractivity contribution in [1.82, 2.24) is 0 Å². The Morgan fingerprint density at radius 3 is 2.12 bits per heavy atom. The molecular weight excluding hydrogens is 334 g/mol. The van der Waals surface area contributed by atoms with Gasteiger partial charge in [-0.05, 0) is 40.8 Å². The van der Waals surface area contributed by atoms with E-state index in [-0.39, 0.29) is 17.7 Å².